The minimum absolute atomic E-state index is 0.305. The monoisotopic (exact) mass is 540 g/mol. The topological polar surface area (TPSA) is 81.9 Å². The van der Waals surface area contributed by atoms with Gasteiger partial charge in [0.2, 0.25) is 0 Å². The molecule has 0 saturated heterocycles. The molecule has 1 aromatic heterocycles. The van der Waals surface area contributed by atoms with Crippen LogP contribution in [0, 0.1) is 5.41 Å². The summed E-state index contributed by atoms with van der Waals surface area (Å²) in [4.78, 5) is 9.36. The molecule has 2 unspecified atom stereocenters. The van der Waals surface area contributed by atoms with Gasteiger partial charge in [-0.2, -0.15) is 13.2 Å². The molecule has 2 atom stereocenters. The van der Waals surface area contributed by atoms with Crippen molar-refractivity contribution in [3.05, 3.63) is 95.1 Å². The van der Waals surface area contributed by atoms with Crippen LogP contribution in [0.25, 0.3) is 0 Å². The summed E-state index contributed by atoms with van der Waals surface area (Å²) in [5, 5.41) is 21.1. The van der Waals surface area contributed by atoms with Gasteiger partial charge < -0.3 is 10.5 Å². The van der Waals surface area contributed by atoms with Crippen molar-refractivity contribution in [3.63, 3.8) is 0 Å². The van der Waals surface area contributed by atoms with Crippen molar-refractivity contribution in [2.45, 2.75) is 83.1 Å². The van der Waals surface area contributed by atoms with Crippen molar-refractivity contribution in [1.82, 2.24) is 15.3 Å². The Labute approximate surface area is 231 Å². The highest BCUT2D eigenvalue weighted by atomic mass is 19.4. The van der Waals surface area contributed by atoms with Crippen LogP contribution in [0.4, 0.5) is 13.2 Å². The number of halogens is 3. The van der Waals surface area contributed by atoms with Gasteiger partial charge in [0.1, 0.15) is 14.1 Å². The maximum absolute atomic E-state index is 13.1. The second-order valence-corrected chi connectivity index (χ2v) is 9.45. The summed E-state index contributed by atoms with van der Waals surface area (Å²) in [6.07, 6.45) is 16.5. The molecule has 210 valence electrons. The van der Waals surface area contributed by atoms with Crippen LogP contribution in [0.3, 0.4) is 0 Å². The lowest BCUT2D eigenvalue weighted by Gasteiger charge is -2.24. The first-order valence-electron chi connectivity index (χ1n) is 13.7. The zero-order valence-electron chi connectivity index (χ0n) is 22.9. The highest BCUT2D eigenvalue weighted by Gasteiger charge is 2.32. The van der Waals surface area contributed by atoms with E-state index in [0.717, 1.165) is 49.5 Å². The molecular weight excluding hydrogens is 500 g/mol. The molecule has 0 bridgehead atoms. The number of aromatic nitrogens is 2. The predicted octanol–water partition coefficient (Wildman–Crippen LogP) is 6.24. The van der Waals surface area contributed by atoms with E-state index in [-0.39, 0.29) is 6.04 Å². The second-order valence-electron chi connectivity index (χ2n) is 9.45. The Balaban J connectivity index is 2.27. The highest BCUT2D eigenvalue weighted by molar-refractivity contribution is 6.08. The molecular formula is C30H40BF3N4O. The van der Waals surface area contributed by atoms with E-state index >= 15 is 0 Å². The molecule has 0 fully saturated rings. The number of hydrogen-bond acceptors (Lipinski definition) is 5. The summed E-state index contributed by atoms with van der Waals surface area (Å²) in [6, 6.07) is 4.95. The molecule has 9 heteroatoms. The van der Waals surface area contributed by atoms with Gasteiger partial charge in [0.25, 0.3) is 0 Å². The van der Waals surface area contributed by atoms with Crippen molar-refractivity contribution < 1.29 is 18.3 Å². The number of rotatable bonds is 13. The summed E-state index contributed by atoms with van der Waals surface area (Å²) in [7, 11) is 2.16. The minimum atomic E-state index is -4.57. The van der Waals surface area contributed by atoms with Crippen molar-refractivity contribution in [2.24, 2.45) is 0 Å². The molecule has 0 saturated carbocycles. The number of hydrogen-bond donors (Lipinski definition) is 3. The van der Waals surface area contributed by atoms with E-state index in [1.54, 1.807) is 36.7 Å². The molecule has 1 aliphatic rings. The van der Waals surface area contributed by atoms with Crippen LogP contribution in [0.1, 0.15) is 68.6 Å². The number of nitrogens with zero attached hydrogens (tertiary/aromatic N) is 2. The Bertz CT molecular complexity index is 1100. The Hall–Kier alpha value is -3.04. The molecule has 3 N–H and O–H groups in total. The number of allylic oxidation sites excluding steroid dienone is 7. The molecule has 0 spiro atoms. The SMILES string of the molecule is BCCCCc1nccc(C(O)NC2C=C(/C=C(\C=N)C(F)(F)F)CCC2)cccnc1C/C=C\C=C/CC. The zero-order valence-corrected chi connectivity index (χ0v) is 22.9. The normalized spacial score (nSPS) is 17.2. The lowest BCUT2D eigenvalue weighted by atomic mass is 9.94. The third-order valence-electron chi connectivity index (χ3n) is 6.29. The average molecular weight is 540 g/mol. The van der Waals surface area contributed by atoms with Crippen LogP contribution < -0.4 is 5.32 Å². The van der Waals surface area contributed by atoms with Gasteiger partial charge in [-0.05, 0) is 67.9 Å². The number of aliphatic hydroxyl groups excluding tert-OH is 1. The third kappa shape index (κ3) is 12.1. The van der Waals surface area contributed by atoms with E-state index in [4.69, 9.17) is 10.4 Å². The van der Waals surface area contributed by atoms with Crippen LogP contribution >= 0.6 is 0 Å². The standard InChI is InChI=1S/C30H40BF3N4O/c1-2-3-4-5-6-14-27-28(15-7-8-17-31)37-19-16-24(12-10-18-36-27)29(39)38-26-13-9-11-23(21-26)20-25(22-35)30(32,33)34/h3-6,10,12,16,18-22,26,29,35,38-39H,2,7-9,11,13-15,17,31H2,1H3/b4-3-,6-5-,12-10?,18-10?,19-16?,24-12?,24-16?,25-20+,28-27?,35-22?,36-18?,36-27?,37-19?,37-28?. The van der Waals surface area contributed by atoms with Crippen molar-refractivity contribution >= 4 is 14.1 Å². The van der Waals surface area contributed by atoms with Crippen LogP contribution in [-0.2, 0) is 12.8 Å². The van der Waals surface area contributed by atoms with Gasteiger partial charge in [0, 0.05) is 31.1 Å². The van der Waals surface area contributed by atoms with Gasteiger partial charge in [-0.3, -0.25) is 15.3 Å². The molecule has 1 aliphatic carbocycles. The van der Waals surface area contributed by atoms with Crippen molar-refractivity contribution in [1.29, 1.82) is 5.41 Å². The Morgan fingerprint density at radius 1 is 1.18 bits per heavy atom. The molecule has 0 amide bonds. The summed E-state index contributed by atoms with van der Waals surface area (Å²) in [6.45, 7) is 2.09. The minimum Gasteiger partial charge on any atom is -0.374 e. The first-order valence-corrected chi connectivity index (χ1v) is 13.7. The molecule has 1 aromatic rings. The smallest absolute Gasteiger partial charge is 0.374 e. The zero-order chi connectivity index (χ0) is 28.5. The molecule has 39 heavy (non-hydrogen) atoms. The van der Waals surface area contributed by atoms with E-state index in [0.29, 0.717) is 43.0 Å². The number of aryl methyl sites for hydroxylation is 1. The number of unbranched alkanes of at least 4 members (excludes halogenated alkanes) is 1. The largest absolute Gasteiger partial charge is 0.417 e. The van der Waals surface area contributed by atoms with Gasteiger partial charge in [0.05, 0.1) is 17.0 Å². The summed E-state index contributed by atoms with van der Waals surface area (Å²) in [5.41, 5.74) is 1.89. The average Bonchev–Trinajstić information content (AvgIpc) is 2.90. The van der Waals surface area contributed by atoms with Crippen LogP contribution in [0.2, 0.25) is 6.32 Å². The molecule has 0 aliphatic heterocycles. The molecule has 0 radical (unpaired) electrons. The van der Waals surface area contributed by atoms with E-state index in [1.165, 1.54) is 0 Å². The molecule has 0 aromatic carbocycles. The van der Waals surface area contributed by atoms with Gasteiger partial charge in [0.15, 0.2) is 0 Å². The number of nitrogens with one attached hydrogen (secondary N) is 2. The Morgan fingerprint density at radius 2 is 1.95 bits per heavy atom. The van der Waals surface area contributed by atoms with Crippen molar-refractivity contribution in [3.8, 4) is 0 Å². The fraction of sp³-hybridized carbons (Fsp3) is 0.433. The quantitative estimate of drug-likeness (QED) is 0.0910. The Morgan fingerprint density at radius 3 is 2.67 bits per heavy atom. The maximum atomic E-state index is 13.1. The van der Waals surface area contributed by atoms with Crippen LogP contribution in [0.15, 0.2) is 78.2 Å². The summed E-state index contributed by atoms with van der Waals surface area (Å²) < 4.78 is 39.2. The Kier molecular flexibility index (Phi) is 14.5. The number of alkyl halides is 3. The second kappa shape index (κ2) is 17.5. The van der Waals surface area contributed by atoms with E-state index in [9.17, 15) is 18.3 Å². The lowest BCUT2D eigenvalue weighted by molar-refractivity contribution is -0.0857. The fourth-order valence-corrected chi connectivity index (χ4v) is 4.19. The first kappa shape index (κ1) is 32.2. The summed E-state index contributed by atoms with van der Waals surface area (Å²) in [5.74, 6) is 0. The van der Waals surface area contributed by atoms with E-state index in [2.05, 4.69) is 37.2 Å². The van der Waals surface area contributed by atoms with Crippen molar-refractivity contribution in [2.75, 3.05) is 0 Å². The lowest BCUT2D eigenvalue weighted by Crippen LogP contribution is -2.33. The fourth-order valence-electron chi connectivity index (χ4n) is 4.19. The third-order valence-corrected chi connectivity index (χ3v) is 6.29. The van der Waals surface area contributed by atoms with E-state index in [1.807, 2.05) is 12.2 Å². The molecule has 1 heterocycles. The van der Waals surface area contributed by atoms with Gasteiger partial charge >= 0.3 is 6.18 Å². The van der Waals surface area contributed by atoms with Gasteiger partial charge in [-0.15, -0.1) is 0 Å². The van der Waals surface area contributed by atoms with Gasteiger partial charge in [-0.25, -0.2) is 0 Å². The molecule has 5 nitrogen and oxygen atoms in total. The van der Waals surface area contributed by atoms with Crippen LogP contribution in [-0.4, -0.2) is 41.4 Å². The number of aliphatic hydroxyl groups is 1. The van der Waals surface area contributed by atoms with Gasteiger partial charge in [-0.1, -0.05) is 56.1 Å². The van der Waals surface area contributed by atoms with Crippen LogP contribution in [0.5, 0.6) is 0 Å². The first-order chi connectivity index (χ1) is 18.8. The predicted molar refractivity (Wildman–Crippen MR) is 155 cm³/mol. The highest BCUT2D eigenvalue weighted by Crippen LogP contribution is 2.28. The van der Waals surface area contributed by atoms with E-state index < -0.39 is 18.0 Å². The summed E-state index contributed by atoms with van der Waals surface area (Å²) >= 11 is 0. The molecule has 2 rings (SSSR count). The maximum Gasteiger partial charge on any atom is 0.417 e.